The first-order valence-electron chi connectivity index (χ1n) is 10.9. The molecule has 34 heavy (non-hydrogen) atoms. The zero-order valence-corrected chi connectivity index (χ0v) is 18.7. The first-order valence-corrected chi connectivity index (χ1v) is 10.9. The molecule has 2 heterocycles. The molecule has 0 saturated carbocycles. The van der Waals surface area contributed by atoms with Gasteiger partial charge in [-0.2, -0.15) is 0 Å². The first-order chi connectivity index (χ1) is 16.4. The van der Waals surface area contributed by atoms with Gasteiger partial charge in [0.15, 0.2) is 11.5 Å². The lowest BCUT2D eigenvalue weighted by molar-refractivity contribution is -0.119. The molecular formula is C26H23N3O5. The average molecular weight is 457 g/mol. The maximum Gasteiger partial charge on any atom is 0.254 e. The van der Waals surface area contributed by atoms with Crippen LogP contribution in [0.15, 0.2) is 66.7 Å². The molecule has 0 aromatic heterocycles. The van der Waals surface area contributed by atoms with E-state index in [2.05, 4.69) is 10.6 Å². The van der Waals surface area contributed by atoms with Crippen molar-refractivity contribution >= 4 is 29.1 Å². The van der Waals surface area contributed by atoms with Crippen LogP contribution in [0.25, 0.3) is 0 Å². The number of carbonyl (C=O) groups excluding carboxylic acids is 3. The molecule has 8 heteroatoms. The van der Waals surface area contributed by atoms with Gasteiger partial charge >= 0.3 is 0 Å². The van der Waals surface area contributed by atoms with E-state index in [0.717, 1.165) is 5.56 Å². The minimum Gasteiger partial charge on any atom is -0.454 e. The number of hydrogen-bond acceptors (Lipinski definition) is 5. The number of anilines is 2. The smallest absolute Gasteiger partial charge is 0.254 e. The summed E-state index contributed by atoms with van der Waals surface area (Å²) in [4.78, 5) is 39.7. The monoisotopic (exact) mass is 457 g/mol. The number of likely N-dealkylation sites (N-methyl/N-ethyl adjacent to an activating group) is 1. The number of nitrogens with one attached hydrogen (secondary N) is 2. The van der Waals surface area contributed by atoms with E-state index in [1.54, 1.807) is 54.4 Å². The third kappa shape index (κ3) is 3.83. The first kappa shape index (κ1) is 21.5. The molecule has 5 rings (SSSR count). The minimum atomic E-state index is -0.658. The quantitative estimate of drug-likeness (QED) is 0.619. The van der Waals surface area contributed by atoms with Crippen molar-refractivity contribution in [2.45, 2.75) is 18.9 Å². The second-order valence-electron chi connectivity index (χ2n) is 8.29. The average Bonchev–Trinajstić information content (AvgIpc) is 3.30. The Bertz CT molecular complexity index is 1290. The van der Waals surface area contributed by atoms with Gasteiger partial charge in [-0.15, -0.1) is 0 Å². The molecule has 3 amide bonds. The topological polar surface area (TPSA) is 97.0 Å². The zero-order valence-electron chi connectivity index (χ0n) is 18.7. The van der Waals surface area contributed by atoms with E-state index < -0.39 is 12.0 Å². The number of benzene rings is 3. The van der Waals surface area contributed by atoms with Crippen LogP contribution in [-0.4, -0.2) is 36.5 Å². The number of ether oxygens (including phenoxy) is 2. The highest BCUT2D eigenvalue weighted by molar-refractivity contribution is 6.04. The lowest BCUT2D eigenvalue weighted by Gasteiger charge is -2.39. The number of nitrogens with zero attached hydrogens (tertiary/aromatic N) is 1. The molecule has 2 aliphatic rings. The number of hydrogen-bond donors (Lipinski definition) is 2. The van der Waals surface area contributed by atoms with E-state index in [1.165, 1.54) is 6.92 Å². The van der Waals surface area contributed by atoms with Gasteiger partial charge in [0.25, 0.3) is 5.91 Å². The van der Waals surface area contributed by atoms with Gasteiger partial charge in [0.1, 0.15) is 0 Å². The predicted octanol–water partition coefficient (Wildman–Crippen LogP) is 3.92. The molecule has 2 aliphatic heterocycles. The fraction of sp³-hybridized carbons (Fsp3) is 0.192. The fourth-order valence-corrected chi connectivity index (χ4v) is 4.53. The highest BCUT2D eigenvalue weighted by Crippen LogP contribution is 2.45. The third-order valence-corrected chi connectivity index (χ3v) is 6.07. The third-order valence-electron chi connectivity index (χ3n) is 6.07. The Morgan fingerprint density at radius 1 is 0.912 bits per heavy atom. The highest BCUT2D eigenvalue weighted by Gasteiger charge is 2.43. The molecule has 0 unspecified atom stereocenters. The molecule has 2 atom stereocenters. The van der Waals surface area contributed by atoms with E-state index in [-0.39, 0.29) is 24.5 Å². The van der Waals surface area contributed by atoms with Crippen LogP contribution in [0, 0.1) is 0 Å². The fourth-order valence-electron chi connectivity index (χ4n) is 4.53. The van der Waals surface area contributed by atoms with Gasteiger partial charge in [0.05, 0.1) is 12.0 Å². The van der Waals surface area contributed by atoms with Crippen molar-refractivity contribution < 1.29 is 23.9 Å². The summed E-state index contributed by atoms with van der Waals surface area (Å²) in [6, 6.07) is 19.0. The summed E-state index contributed by atoms with van der Waals surface area (Å²) in [7, 11) is 1.70. The van der Waals surface area contributed by atoms with Gasteiger partial charge in [0.2, 0.25) is 18.6 Å². The molecule has 0 bridgehead atoms. The molecule has 0 aliphatic carbocycles. The number of carbonyl (C=O) groups is 3. The molecule has 3 aromatic rings. The second kappa shape index (κ2) is 8.55. The van der Waals surface area contributed by atoms with Crippen molar-refractivity contribution in [2.24, 2.45) is 0 Å². The van der Waals surface area contributed by atoms with Crippen LogP contribution in [0.4, 0.5) is 11.4 Å². The van der Waals surface area contributed by atoms with Crippen molar-refractivity contribution in [3.8, 4) is 11.5 Å². The van der Waals surface area contributed by atoms with E-state index in [9.17, 15) is 14.4 Å². The standard InChI is InChI=1S/C26H23N3O5/c1-15(30)27-17-8-10-18(11-9-17)28-25(31)23-19-5-3-4-6-20(19)26(32)29(2)24(23)16-7-12-21-22(13-16)34-14-33-21/h3-13,23-24H,14H2,1-2H3,(H,27,30)(H,28,31)/t23-,24+/m1/s1. The Morgan fingerprint density at radius 3 is 2.32 bits per heavy atom. The SMILES string of the molecule is CC(=O)Nc1ccc(NC(=O)[C@@H]2c3ccccc3C(=O)N(C)[C@H]2c2ccc3c(c2)OCO3)cc1. The molecule has 0 radical (unpaired) electrons. The molecular weight excluding hydrogens is 434 g/mol. The summed E-state index contributed by atoms with van der Waals surface area (Å²) in [5, 5.41) is 5.68. The molecule has 0 spiro atoms. The van der Waals surface area contributed by atoms with Crippen LogP contribution in [0.1, 0.15) is 40.4 Å². The van der Waals surface area contributed by atoms with Gasteiger partial charge in [-0.25, -0.2) is 0 Å². The molecule has 3 aromatic carbocycles. The summed E-state index contributed by atoms with van der Waals surface area (Å²) in [6.45, 7) is 1.57. The van der Waals surface area contributed by atoms with Gasteiger partial charge in [-0.3, -0.25) is 14.4 Å². The van der Waals surface area contributed by atoms with Gasteiger partial charge in [-0.05, 0) is 53.6 Å². The highest BCUT2D eigenvalue weighted by atomic mass is 16.7. The maximum atomic E-state index is 13.7. The largest absolute Gasteiger partial charge is 0.454 e. The van der Waals surface area contributed by atoms with Crippen LogP contribution < -0.4 is 20.1 Å². The van der Waals surface area contributed by atoms with Crippen molar-refractivity contribution in [3.05, 3.63) is 83.4 Å². The van der Waals surface area contributed by atoms with Crippen LogP contribution in [-0.2, 0) is 9.59 Å². The lowest BCUT2D eigenvalue weighted by atomic mass is 9.79. The zero-order chi connectivity index (χ0) is 23.8. The van der Waals surface area contributed by atoms with Gasteiger partial charge < -0.3 is 25.0 Å². The van der Waals surface area contributed by atoms with Crippen LogP contribution >= 0.6 is 0 Å². The van der Waals surface area contributed by atoms with Crippen molar-refractivity contribution in [1.29, 1.82) is 0 Å². The molecule has 0 fully saturated rings. The second-order valence-corrected chi connectivity index (χ2v) is 8.29. The summed E-state index contributed by atoms with van der Waals surface area (Å²) in [5.74, 6) is -0.00740. The Hall–Kier alpha value is -4.33. The minimum absolute atomic E-state index is 0.138. The number of fused-ring (bicyclic) bond motifs is 2. The summed E-state index contributed by atoms with van der Waals surface area (Å²) in [6.07, 6.45) is 0. The summed E-state index contributed by atoms with van der Waals surface area (Å²) < 4.78 is 11.0. The predicted molar refractivity (Wildman–Crippen MR) is 126 cm³/mol. The molecule has 172 valence electrons. The van der Waals surface area contributed by atoms with E-state index in [1.807, 2.05) is 24.3 Å². The molecule has 0 saturated heterocycles. The van der Waals surface area contributed by atoms with Crippen molar-refractivity contribution in [2.75, 3.05) is 24.5 Å². The Labute approximate surface area is 196 Å². The van der Waals surface area contributed by atoms with E-state index in [4.69, 9.17) is 9.47 Å². The van der Waals surface area contributed by atoms with Crippen LogP contribution in [0.3, 0.4) is 0 Å². The Morgan fingerprint density at radius 2 is 1.59 bits per heavy atom. The number of amides is 3. The van der Waals surface area contributed by atoms with Crippen molar-refractivity contribution in [1.82, 2.24) is 4.90 Å². The summed E-state index contributed by atoms with van der Waals surface area (Å²) in [5.41, 5.74) is 3.16. The van der Waals surface area contributed by atoms with E-state index >= 15 is 0 Å². The normalized spacial score (nSPS) is 18.3. The lowest BCUT2D eigenvalue weighted by Crippen LogP contribution is -2.44. The molecule has 2 N–H and O–H groups in total. The van der Waals surface area contributed by atoms with Crippen LogP contribution in [0.5, 0.6) is 11.5 Å². The molecule has 8 nitrogen and oxygen atoms in total. The van der Waals surface area contributed by atoms with E-state index in [0.29, 0.717) is 34.0 Å². The maximum absolute atomic E-state index is 13.7. The van der Waals surface area contributed by atoms with Gasteiger partial charge in [0, 0.05) is 30.9 Å². The van der Waals surface area contributed by atoms with Gasteiger partial charge in [-0.1, -0.05) is 24.3 Å². The summed E-state index contributed by atoms with van der Waals surface area (Å²) >= 11 is 0. The van der Waals surface area contributed by atoms with Crippen molar-refractivity contribution in [3.63, 3.8) is 0 Å². The number of rotatable bonds is 4. The Kier molecular flexibility index (Phi) is 5.41. The van der Waals surface area contributed by atoms with Crippen LogP contribution in [0.2, 0.25) is 0 Å². The Balaban J connectivity index is 1.52.